The third-order valence-electron chi connectivity index (χ3n) is 4.77. The maximum absolute atomic E-state index is 13.1. The van der Waals surface area contributed by atoms with Crippen LogP contribution < -0.4 is 14.8 Å². The van der Waals surface area contributed by atoms with Gasteiger partial charge in [-0.15, -0.1) is 10.2 Å². The van der Waals surface area contributed by atoms with Gasteiger partial charge in [0.2, 0.25) is 5.13 Å². The summed E-state index contributed by atoms with van der Waals surface area (Å²) in [6.07, 6.45) is 1.49. The Morgan fingerprint density at radius 2 is 1.94 bits per heavy atom. The molecule has 2 aromatic carbocycles. The van der Waals surface area contributed by atoms with Crippen LogP contribution in [-0.4, -0.2) is 28.2 Å². The number of nitrogens with one attached hydrogen (secondary N) is 1. The second-order valence-electron chi connectivity index (χ2n) is 7.10. The van der Waals surface area contributed by atoms with Crippen molar-refractivity contribution in [3.63, 3.8) is 0 Å². The van der Waals surface area contributed by atoms with E-state index in [1.54, 1.807) is 48.5 Å². The molecule has 0 saturated heterocycles. The molecular weight excluding hydrogens is 474 g/mol. The molecule has 34 heavy (non-hydrogen) atoms. The van der Waals surface area contributed by atoms with Gasteiger partial charge in [-0.3, -0.25) is 15.1 Å². The lowest BCUT2D eigenvalue weighted by Gasteiger charge is -2.13. The summed E-state index contributed by atoms with van der Waals surface area (Å²) in [6.45, 7) is 2.02. The molecule has 0 saturated carbocycles. The molecule has 0 radical (unpaired) electrons. The molecule has 0 aliphatic rings. The van der Waals surface area contributed by atoms with Crippen LogP contribution in [0.25, 0.3) is 11.1 Å². The highest BCUT2D eigenvalue weighted by atomic mass is 35.5. The summed E-state index contributed by atoms with van der Waals surface area (Å²) in [7, 11) is 1.54. The Balaban J connectivity index is 1.55. The van der Waals surface area contributed by atoms with Crippen LogP contribution in [0.15, 0.2) is 54.7 Å². The maximum Gasteiger partial charge on any atom is 0.259 e. The number of methoxy groups -OCH3 is 1. The van der Waals surface area contributed by atoms with Crippen molar-refractivity contribution < 1.29 is 14.3 Å². The van der Waals surface area contributed by atoms with Crippen LogP contribution in [0, 0.1) is 18.3 Å². The second-order valence-corrected chi connectivity index (χ2v) is 8.59. The fourth-order valence-electron chi connectivity index (χ4n) is 3.15. The van der Waals surface area contributed by atoms with Gasteiger partial charge in [-0.2, -0.15) is 5.26 Å². The number of nitrogens with zero attached hydrogens (tertiary/aromatic N) is 4. The summed E-state index contributed by atoms with van der Waals surface area (Å²) < 4.78 is 11.1. The van der Waals surface area contributed by atoms with Gasteiger partial charge in [-0.05, 0) is 55.5 Å². The molecule has 2 aromatic heterocycles. The highest BCUT2D eigenvalue weighted by molar-refractivity contribution is 7.15. The number of anilines is 1. The monoisotopic (exact) mass is 491 g/mol. The zero-order valence-electron chi connectivity index (χ0n) is 18.2. The van der Waals surface area contributed by atoms with Gasteiger partial charge in [0.25, 0.3) is 5.91 Å². The number of hydrogen-bond acceptors (Lipinski definition) is 8. The van der Waals surface area contributed by atoms with Gasteiger partial charge in [0, 0.05) is 28.0 Å². The number of nitriles is 1. The molecule has 0 unspecified atom stereocenters. The molecule has 1 amide bonds. The van der Waals surface area contributed by atoms with Crippen LogP contribution in [0.2, 0.25) is 5.02 Å². The third kappa shape index (κ3) is 5.31. The fourth-order valence-corrected chi connectivity index (χ4v) is 3.93. The number of benzene rings is 2. The van der Waals surface area contributed by atoms with E-state index in [4.69, 9.17) is 21.1 Å². The smallest absolute Gasteiger partial charge is 0.259 e. The summed E-state index contributed by atoms with van der Waals surface area (Å²) in [6, 6.07) is 15.9. The first-order valence-electron chi connectivity index (χ1n) is 10.0. The topological polar surface area (TPSA) is 110 Å². The van der Waals surface area contributed by atoms with E-state index in [1.807, 2.05) is 6.92 Å². The van der Waals surface area contributed by atoms with E-state index in [2.05, 4.69) is 26.6 Å². The van der Waals surface area contributed by atoms with Crippen molar-refractivity contribution in [3.05, 3.63) is 81.6 Å². The first kappa shape index (κ1) is 23.2. The molecule has 0 fully saturated rings. The lowest BCUT2D eigenvalue weighted by atomic mass is 9.97. The van der Waals surface area contributed by atoms with Crippen LogP contribution >= 0.6 is 22.9 Å². The minimum Gasteiger partial charge on any atom is -0.496 e. The summed E-state index contributed by atoms with van der Waals surface area (Å²) in [5.41, 5.74) is 2.69. The van der Waals surface area contributed by atoms with Crippen molar-refractivity contribution in [2.75, 3.05) is 12.4 Å². The van der Waals surface area contributed by atoms with Crippen LogP contribution in [0.1, 0.15) is 26.6 Å². The van der Waals surface area contributed by atoms with Crippen molar-refractivity contribution in [2.45, 2.75) is 13.5 Å². The van der Waals surface area contributed by atoms with E-state index in [9.17, 15) is 10.1 Å². The molecule has 0 aliphatic heterocycles. The predicted octanol–water partition coefficient (Wildman–Crippen LogP) is 5.27. The molecule has 0 bridgehead atoms. The van der Waals surface area contributed by atoms with E-state index in [0.29, 0.717) is 54.6 Å². The molecule has 1 N–H and O–H groups in total. The van der Waals surface area contributed by atoms with Crippen molar-refractivity contribution in [1.29, 1.82) is 5.26 Å². The van der Waals surface area contributed by atoms with Gasteiger partial charge >= 0.3 is 0 Å². The number of pyridine rings is 1. The molecule has 10 heteroatoms. The summed E-state index contributed by atoms with van der Waals surface area (Å²) in [5.74, 6) is 0.776. The van der Waals surface area contributed by atoms with Crippen LogP contribution in [0.4, 0.5) is 5.13 Å². The largest absolute Gasteiger partial charge is 0.496 e. The van der Waals surface area contributed by atoms with E-state index in [-0.39, 0.29) is 6.61 Å². The van der Waals surface area contributed by atoms with Gasteiger partial charge in [0.1, 0.15) is 18.1 Å². The van der Waals surface area contributed by atoms with Crippen molar-refractivity contribution in [2.24, 2.45) is 0 Å². The maximum atomic E-state index is 13.1. The third-order valence-corrected chi connectivity index (χ3v) is 5.83. The van der Waals surface area contributed by atoms with Crippen molar-refractivity contribution >= 4 is 34.0 Å². The second kappa shape index (κ2) is 10.3. The first-order chi connectivity index (χ1) is 16.5. The number of ether oxygens (including phenoxy) is 2. The van der Waals surface area contributed by atoms with Gasteiger partial charge < -0.3 is 9.47 Å². The molecule has 4 aromatic rings. The van der Waals surface area contributed by atoms with E-state index in [1.165, 1.54) is 24.6 Å². The Hall–Kier alpha value is -4.00. The number of rotatable bonds is 7. The average molecular weight is 492 g/mol. The molecule has 8 nitrogen and oxygen atoms in total. The minimum absolute atomic E-state index is 0.199. The molecule has 0 atom stereocenters. The number of carbonyl (C=O) groups excluding carboxylic acids is 1. The zero-order valence-corrected chi connectivity index (χ0v) is 19.8. The lowest BCUT2D eigenvalue weighted by molar-refractivity contribution is 0.102. The quantitative estimate of drug-likeness (QED) is 0.374. The summed E-state index contributed by atoms with van der Waals surface area (Å²) in [4.78, 5) is 17.4. The van der Waals surface area contributed by atoms with Crippen LogP contribution in [0.3, 0.4) is 0 Å². The van der Waals surface area contributed by atoms with Crippen molar-refractivity contribution in [3.8, 4) is 28.7 Å². The van der Waals surface area contributed by atoms with Crippen molar-refractivity contribution in [1.82, 2.24) is 15.2 Å². The summed E-state index contributed by atoms with van der Waals surface area (Å²) >= 11 is 7.08. The highest BCUT2D eigenvalue weighted by Gasteiger charge is 2.19. The number of aromatic nitrogens is 3. The van der Waals surface area contributed by atoms with Gasteiger partial charge in [-0.25, -0.2) is 0 Å². The molecule has 0 aliphatic carbocycles. The van der Waals surface area contributed by atoms with E-state index in [0.717, 1.165) is 0 Å². The van der Waals surface area contributed by atoms with E-state index < -0.39 is 5.91 Å². The Bertz CT molecular complexity index is 1380. The average Bonchev–Trinajstić information content (AvgIpc) is 3.30. The number of aryl methyl sites for hydroxylation is 1. The molecule has 170 valence electrons. The Labute approximate surface area is 204 Å². The Kier molecular flexibility index (Phi) is 7.01. The Morgan fingerprint density at radius 3 is 2.68 bits per heavy atom. The number of carbonyl (C=O) groups is 1. The van der Waals surface area contributed by atoms with Gasteiger partial charge in [0.05, 0.1) is 24.3 Å². The molecule has 0 spiro atoms. The highest BCUT2D eigenvalue weighted by Crippen LogP contribution is 2.34. The lowest BCUT2D eigenvalue weighted by Crippen LogP contribution is -2.14. The fraction of sp³-hybridized carbons (Fsp3) is 0.125. The number of amides is 1. The first-order valence-corrected chi connectivity index (χ1v) is 11.2. The molecular formula is C24H18ClN5O3S. The predicted molar refractivity (Wildman–Crippen MR) is 129 cm³/mol. The van der Waals surface area contributed by atoms with Crippen LogP contribution in [-0.2, 0) is 6.61 Å². The number of halogens is 1. The minimum atomic E-state index is -0.409. The SMILES string of the molecule is COc1ccc(C#N)cc1-c1cc(C)ncc1C(=O)Nc1nnc(COc2ccc(Cl)cc2)s1. The van der Waals surface area contributed by atoms with Gasteiger partial charge in [0.15, 0.2) is 5.01 Å². The van der Waals surface area contributed by atoms with Gasteiger partial charge in [-0.1, -0.05) is 22.9 Å². The Morgan fingerprint density at radius 1 is 1.15 bits per heavy atom. The zero-order chi connectivity index (χ0) is 24.1. The molecule has 4 rings (SSSR count). The summed E-state index contributed by atoms with van der Waals surface area (Å²) in [5, 5.41) is 21.7. The normalized spacial score (nSPS) is 10.4. The van der Waals surface area contributed by atoms with Crippen LogP contribution in [0.5, 0.6) is 11.5 Å². The molecule has 2 heterocycles. The number of hydrogen-bond donors (Lipinski definition) is 1. The standard InChI is InChI=1S/C24H18ClN5O3S/c1-14-9-18(19-10-15(11-26)3-8-21(19)32-2)20(12-27-14)23(31)28-24-30-29-22(34-24)13-33-17-6-4-16(25)5-7-17/h3-10,12H,13H2,1-2H3,(H,28,30,31). The van der Waals surface area contributed by atoms with E-state index >= 15 is 0 Å².